The number of aliphatic hydroxyl groups excluding tert-OH is 1. The monoisotopic (exact) mass is 431 g/mol. The molecule has 10 atom stereocenters. The first-order valence-corrected chi connectivity index (χ1v) is 13.9. The molecule has 31 heavy (non-hydrogen) atoms. The fourth-order valence-corrected chi connectivity index (χ4v) is 9.83. The Morgan fingerprint density at radius 1 is 0.903 bits per heavy atom. The molecule has 4 aliphatic carbocycles. The average molecular weight is 432 g/mol. The van der Waals surface area contributed by atoms with Crippen molar-refractivity contribution >= 4 is 0 Å². The van der Waals surface area contributed by atoms with E-state index >= 15 is 0 Å². The normalized spacial score (nSPS) is 48.4. The Morgan fingerprint density at radius 3 is 2.29 bits per heavy atom. The lowest BCUT2D eigenvalue weighted by Crippen LogP contribution is -2.58. The Kier molecular flexibility index (Phi) is 6.93. The molecule has 0 aromatic rings. The van der Waals surface area contributed by atoms with Gasteiger partial charge in [-0.25, -0.2) is 0 Å². The van der Waals surface area contributed by atoms with E-state index < -0.39 is 0 Å². The number of aliphatic hydroxyl groups is 1. The molecule has 4 saturated carbocycles. The Balaban J connectivity index is 1.49. The van der Waals surface area contributed by atoms with Crippen LogP contribution in [-0.2, 0) is 0 Å². The van der Waals surface area contributed by atoms with Gasteiger partial charge in [-0.1, -0.05) is 53.9 Å². The lowest BCUT2D eigenvalue weighted by Gasteiger charge is -2.62. The summed E-state index contributed by atoms with van der Waals surface area (Å²) in [6, 6.07) is 0.352. The predicted molar refractivity (Wildman–Crippen MR) is 132 cm³/mol. The van der Waals surface area contributed by atoms with Crippen LogP contribution >= 0.6 is 0 Å². The lowest BCUT2D eigenvalue weighted by atomic mass is 9.44. The smallest absolute Gasteiger partial charge is 0.0698 e. The Morgan fingerprint density at radius 2 is 1.61 bits per heavy atom. The van der Waals surface area contributed by atoms with Crippen molar-refractivity contribution in [1.82, 2.24) is 4.90 Å². The molecule has 4 rings (SSSR count). The van der Waals surface area contributed by atoms with Gasteiger partial charge in [0, 0.05) is 6.04 Å². The summed E-state index contributed by atoms with van der Waals surface area (Å²) in [5.74, 6) is 6.27. The highest BCUT2D eigenvalue weighted by Gasteiger charge is 2.61. The van der Waals surface area contributed by atoms with Crippen molar-refractivity contribution < 1.29 is 5.11 Å². The molecule has 0 aliphatic heterocycles. The SMILES string of the molecule is CC(C)CCCC(C)C1CCC2C3CCC4CC(O)C(N(C)C)CC4(C)C3CCC12C. The van der Waals surface area contributed by atoms with Crippen LogP contribution in [0.5, 0.6) is 0 Å². The van der Waals surface area contributed by atoms with Gasteiger partial charge in [-0.3, -0.25) is 0 Å². The summed E-state index contributed by atoms with van der Waals surface area (Å²) in [6.07, 6.45) is 15.1. The maximum absolute atomic E-state index is 10.8. The molecule has 0 bridgehead atoms. The fraction of sp³-hybridized carbons (Fsp3) is 1.00. The van der Waals surface area contributed by atoms with E-state index in [0.717, 1.165) is 47.8 Å². The summed E-state index contributed by atoms with van der Waals surface area (Å²) < 4.78 is 0. The number of hydrogen-bond donors (Lipinski definition) is 1. The minimum absolute atomic E-state index is 0.124. The topological polar surface area (TPSA) is 23.5 Å². The van der Waals surface area contributed by atoms with Crippen LogP contribution in [0.15, 0.2) is 0 Å². The zero-order valence-electron chi connectivity index (χ0n) is 21.9. The summed E-state index contributed by atoms with van der Waals surface area (Å²) in [4.78, 5) is 2.31. The molecule has 2 heteroatoms. The second kappa shape index (κ2) is 8.94. The third-order valence-corrected chi connectivity index (χ3v) is 11.5. The van der Waals surface area contributed by atoms with Crippen molar-refractivity contribution in [2.24, 2.45) is 52.3 Å². The van der Waals surface area contributed by atoms with Gasteiger partial charge in [0.1, 0.15) is 0 Å². The van der Waals surface area contributed by atoms with Crippen LogP contribution in [0.25, 0.3) is 0 Å². The Bertz CT molecular complexity index is 616. The third-order valence-electron chi connectivity index (χ3n) is 11.5. The molecule has 10 unspecified atom stereocenters. The van der Waals surface area contributed by atoms with E-state index in [4.69, 9.17) is 0 Å². The Hall–Kier alpha value is -0.0800. The highest BCUT2D eigenvalue weighted by molar-refractivity contribution is 5.11. The molecule has 0 aromatic heterocycles. The van der Waals surface area contributed by atoms with E-state index in [1.165, 1.54) is 64.2 Å². The highest BCUT2D eigenvalue weighted by Crippen LogP contribution is 2.68. The maximum Gasteiger partial charge on any atom is 0.0698 e. The van der Waals surface area contributed by atoms with Crippen molar-refractivity contribution in [1.29, 1.82) is 0 Å². The molecule has 4 aliphatic rings. The molecule has 0 saturated heterocycles. The van der Waals surface area contributed by atoms with Crippen LogP contribution < -0.4 is 0 Å². The van der Waals surface area contributed by atoms with Crippen molar-refractivity contribution in [3.05, 3.63) is 0 Å². The minimum atomic E-state index is -0.124. The summed E-state index contributed by atoms with van der Waals surface area (Å²) in [6.45, 7) is 12.7. The molecule has 0 amide bonds. The van der Waals surface area contributed by atoms with Crippen LogP contribution in [0.3, 0.4) is 0 Å². The van der Waals surface area contributed by atoms with Crippen LogP contribution in [0.2, 0.25) is 0 Å². The van der Waals surface area contributed by atoms with Crippen LogP contribution in [0, 0.1) is 52.3 Å². The predicted octanol–water partition coefficient (Wildman–Crippen LogP) is 7.01. The number of likely N-dealkylation sites (N-methyl/N-ethyl adjacent to an activating group) is 1. The summed E-state index contributed by atoms with van der Waals surface area (Å²) in [7, 11) is 4.36. The zero-order valence-corrected chi connectivity index (χ0v) is 21.9. The third kappa shape index (κ3) is 4.16. The molecule has 4 fully saturated rings. The van der Waals surface area contributed by atoms with Crippen molar-refractivity contribution in [2.45, 2.75) is 117 Å². The van der Waals surface area contributed by atoms with Gasteiger partial charge in [-0.05, 0) is 118 Å². The maximum atomic E-state index is 10.8. The van der Waals surface area contributed by atoms with Crippen molar-refractivity contribution in [3.63, 3.8) is 0 Å². The van der Waals surface area contributed by atoms with Gasteiger partial charge in [0.2, 0.25) is 0 Å². The van der Waals surface area contributed by atoms with Gasteiger partial charge >= 0.3 is 0 Å². The molecule has 1 N–H and O–H groups in total. The van der Waals surface area contributed by atoms with Gasteiger partial charge in [0.05, 0.1) is 6.10 Å². The first-order chi connectivity index (χ1) is 14.6. The fourth-order valence-electron chi connectivity index (χ4n) is 9.83. The van der Waals surface area contributed by atoms with Gasteiger partial charge in [0.15, 0.2) is 0 Å². The molecule has 0 radical (unpaired) electrons. The van der Waals surface area contributed by atoms with Gasteiger partial charge in [-0.2, -0.15) is 0 Å². The number of fused-ring (bicyclic) bond motifs is 5. The van der Waals surface area contributed by atoms with E-state index in [0.29, 0.717) is 16.9 Å². The average Bonchev–Trinajstić information content (AvgIpc) is 3.05. The summed E-state index contributed by atoms with van der Waals surface area (Å²) >= 11 is 0. The molecular formula is C29H53NO. The summed E-state index contributed by atoms with van der Waals surface area (Å²) in [5.41, 5.74) is 1.04. The Labute approximate surface area is 193 Å². The number of nitrogens with zero attached hydrogens (tertiary/aromatic N) is 1. The first kappa shape index (κ1) is 24.1. The van der Waals surface area contributed by atoms with Crippen LogP contribution in [-0.4, -0.2) is 36.2 Å². The van der Waals surface area contributed by atoms with E-state index in [1.54, 1.807) is 0 Å². The van der Waals surface area contributed by atoms with Gasteiger partial charge in [0.25, 0.3) is 0 Å². The lowest BCUT2D eigenvalue weighted by molar-refractivity contribution is -0.146. The molecule has 2 nitrogen and oxygen atoms in total. The minimum Gasteiger partial charge on any atom is -0.391 e. The molecule has 180 valence electrons. The van der Waals surface area contributed by atoms with Crippen LogP contribution in [0.1, 0.15) is 105 Å². The second-order valence-corrected chi connectivity index (χ2v) is 13.7. The first-order valence-electron chi connectivity index (χ1n) is 13.9. The van der Waals surface area contributed by atoms with E-state index in [9.17, 15) is 5.11 Å². The van der Waals surface area contributed by atoms with E-state index in [-0.39, 0.29) is 6.10 Å². The standard InChI is InChI=1S/C29H53NO/c1-19(2)9-8-10-20(3)23-13-14-24-22-12-11-21-17-27(31)26(30(6)7)18-29(21,5)25(22)15-16-28(23,24)4/h19-27,31H,8-18H2,1-7H3. The second-order valence-electron chi connectivity index (χ2n) is 13.7. The highest BCUT2D eigenvalue weighted by atomic mass is 16.3. The largest absolute Gasteiger partial charge is 0.391 e. The molecule has 0 spiro atoms. The zero-order chi connectivity index (χ0) is 22.6. The van der Waals surface area contributed by atoms with E-state index in [2.05, 4.69) is 53.6 Å². The number of rotatable bonds is 6. The van der Waals surface area contributed by atoms with Gasteiger partial charge < -0.3 is 10.0 Å². The van der Waals surface area contributed by atoms with E-state index in [1.807, 2.05) is 0 Å². The van der Waals surface area contributed by atoms with Crippen molar-refractivity contribution in [3.8, 4) is 0 Å². The summed E-state index contributed by atoms with van der Waals surface area (Å²) in [5, 5.41) is 10.8. The molecule has 0 heterocycles. The number of hydrogen-bond acceptors (Lipinski definition) is 2. The van der Waals surface area contributed by atoms with Crippen LogP contribution in [0.4, 0.5) is 0 Å². The van der Waals surface area contributed by atoms with Crippen molar-refractivity contribution in [2.75, 3.05) is 14.1 Å². The van der Waals surface area contributed by atoms with Gasteiger partial charge in [-0.15, -0.1) is 0 Å². The quantitative estimate of drug-likeness (QED) is 0.489. The molecule has 0 aromatic carbocycles. The molecular weight excluding hydrogens is 378 g/mol.